The zero-order chi connectivity index (χ0) is 14.3. The van der Waals surface area contributed by atoms with Crippen molar-refractivity contribution in [2.75, 3.05) is 6.26 Å². The summed E-state index contributed by atoms with van der Waals surface area (Å²) in [5.41, 5.74) is 0.902. The van der Waals surface area contributed by atoms with Crippen molar-refractivity contribution >= 4 is 23.7 Å². The first-order valence-corrected chi connectivity index (χ1v) is 8.51. The molecule has 3 aromatic heterocycles. The van der Waals surface area contributed by atoms with Gasteiger partial charge in [-0.25, -0.2) is 14.4 Å². The number of imidazole rings is 1. The fraction of sp³-hybridized carbons (Fsp3) is 0.0833. The van der Waals surface area contributed by atoms with E-state index in [1.165, 1.54) is 18.5 Å². The molecule has 0 spiro atoms. The molecule has 0 aliphatic rings. The van der Waals surface area contributed by atoms with E-state index in [-0.39, 0.29) is 21.4 Å². The van der Waals surface area contributed by atoms with E-state index in [1.807, 2.05) is 6.26 Å². The van der Waals surface area contributed by atoms with Gasteiger partial charge >= 0.3 is 0 Å². The molecule has 1 unspecified atom stereocenters. The van der Waals surface area contributed by atoms with Gasteiger partial charge in [0.1, 0.15) is 17.2 Å². The molecular formula is C12H10FN4OPS. The van der Waals surface area contributed by atoms with Crippen LogP contribution in [-0.2, 0) is 10.1 Å². The second kappa shape index (κ2) is 4.92. The molecule has 5 nitrogen and oxygen atoms in total. The van der Waals surface area contributed by atoms with Gasteiger partial charge in [-0.2, -0.15) is 0 Å². The first-order valence-electron chi connectivity index (χ1n) is 5.66. The lowest BCUT2D eigenvalue weighted by molar-refractivity contribution is 0.619. The van der Waals surface area contributed by atoms with E-state index in [0.717, 1.165) is 0 Å². The summed E-state index contributed by atoms with van der Waals surface area (Å²) in [5, 5.41) is 0. The number of aromatic nitrogens is 4. The largest absolute Gasteiger partial charge is 0.304 e. The topological polar surface area (TPSA) is 63.1 Å². The first kappa shape index (κ1) is 13.1. The highest BCUT2D eigenvalue weighted by atomic mass is 32.5. The van der Waals surface area contributed by atoms with Crippen LogP contribution < -0.4 is 5.56 Å². The van der Waals surface area contributed by atoms with E-state index in [4.69, 9.17) is 0 Å². The van der Waals surface area contributed by atoms with Crippen molar-refractivity contribution in [3.05, 3.63) is 46.9 Å². The molecule has 0 aliphatic carbocycles. The molecule has 0 fully saturated rings. The molecule has 1 N–H and O–H groups in total. The minimum absolute atomic E-state index is 0.220. The van der Waals surface area contributed by atoms with Crippen LogP contribution in [0.5, 0.6) is 0 Å². The SMILES string of the molecule is CS(=P)c1cnc(-c2cnc3ccc(F)cn23)[nH]c1=O. The smallest absolute Gasteiger partial charge is 0.264 e. The van der Waals surface area contributed by atoms with Crippen molar-refractivity contribution in [1.29, 1.82) is 0 Å². The number of hydrogen-bond acceptors (Lipinski definition) is 3. The Bertz CT molecular complexity index is 889. The zero-order valence-corrected chi connectivity index (χ0v) is 12.2. The van der Waals surface area contributed by atoms with E-state index in [9.17, 15) is 9.18 Å². The lowest BCUT2D eigenvalue weighted by Crippen LogP contribution is -2.14. The van der Waals surface area contributed by atoms with Crippen molar-refractivity contribution in [2.45, 2.75) is 4.90 Å². The van der Waals surface area contributed by atoms with Gasteiger partial charge in [0.15, 0.2) is 5.82 Å². The summed E-state index contributed by atoms with van der Waals surface area (Å²) in [7, 11) is 3.05. The van der Waals surface area contributed by atoms with E-state index in [0.29, 0.717) is 22.1 Å². The van der Waals surface area contributed by atoms with E-state index < -0.39 is 0 Å². The molecule has 3 heterocycles. The first-order chi connectivity index (χ1) is 9.56. The maximum atomic E-state index is 13.3. The van der Waals surface area contributed by atoms with Gasteiger partial charge in [-0.1, -0.05) is 8.02 Å². The molecule has 0 bridgehead atoms. The Morgan fingerprint density at radius 2 is 2.15 bits per heavy atom. The van der Waals surface area contributed by atoms with Crippen LogP contribution in [0.4, 0.5) is 4.39 Å². The normalized spacial score (nSPS) is 12.7. The predicted octanol–water partition coefficient (Wildman–Crippen LogP) is 1.89. The van der Waals surface area contributed by atoms with Crippen LogP contribution in [0.3, 0.4) is 0 Å². The average Bonchev–Trinajstić information content (AvgIpc) is 2.81. The molecule has 0 radical (unpaired) electrons. The van der Waals surface area contributed by atoms with Crippen LogP contribution >= 0.6 is 8.02 Å². The highest BCUT2D eigenvalue weighted by Crippen LogP contribution is 2.17. The van der Waals surface area contributed by atoms with Gasteiger partial charge in [-0.05, 0) is 18.4 Å². The summed E-state index contributed by atoms with van der Waals surface area (Å²) >= 11 is 0. The zero-order valence-electron chi connectivity index (χ0n) is 10.4. The van der Waals surface area contributed by atoms with Gasteiger partial charge in [0.2, 0.25) is 0 Å². The highest BCUT2D eigenvalue weighted by Gasteiger charge is 2.10. The van der Waals surface area contributed by atoms with Crippen molar-refractivity contribution in [3.63, 3.8) is 0 Å². The quantitative estimate of drug-likeness (QED) is 0.735. The number of nitrogens with one attached hydrogen (secondary N) is 1. The number of halogens is 1. The number of fused-ring (bicyclic) bond motifs is 1. The minimum atomic E-state index is -0.383. The number of rotatable bonds is 2. The van der Waals surface area contributed by atoms with Crippen LogP contribution in [0.2, 0.25) is 0 Å². The van der Waals surface area contributed by atoms with Gasteiger partial charge < -0.3 is 4.98 Å². The molecule has 3 rings (SSSR count). The van der Waals surface area contributed by atoms with E-state index in [1.54, 1.807) is 16.7 Å². The summed E-state index contributed by atoms with van der Waals surface area (Å²) in [5.74, 6) is -0.0278. The fourth-order valence-electron chi connectivity index (χ4n) is 1.86. The Kier molecular flexibility index (Phi) is 3.23. The molecule has 0 aliphatic heterocycles. The summed E-state index contributed by atoms with van der Waals surface area (Å²) < 4.78 is 14.9. The second-order valence-electron chi connectivity index (χ2n) is 4.15. The maximum Gasteiger partial charge on any atom is 0.264 e. The van der Waals surface area contributed by atoms with Crippen LogP contribution in [0.1, 0.15) is 0 Å². The van der Waals surface area contributed by atoms with Gasteiger partial charge in [0, 0.05) is 12.4 Å². The van der Waals surface area contributed by atoms with Crippen molar-refractivity contribution in [1.82, 2.24) is 19.4 Å². The third-order valence-corrected chi connectivity index (χ3v) is 4.42. The highest BCUT2D eigenvalue weighted by molar-refractivity contribution is 8.15. The minimum Gasteiger partial charge on any atom is -0.304 e. The maximum absolute atomic E-state index is 13.3. The second-order valence-corrected chi connectivity index (χ2v) is 7.45. The Labute approximate surface area is 117 Å². The standard InChI is InChI=1S/C12H10FN4OPS/c1-20(19)9-5-15-11(16-12(9)18)8-4-14-10-3-2-7(13)6-17(8)10/h2-6,19H,1H3,(H,15,16,18). The molecule has 8 heteroatoms. The summed E-state index contributed by atoms with van der Waals surface area (Å²) in [6.45, 7) is 0. The molecule has 102 valence electrons. The van der Waals surface area contributed by atoms with Gasteiger partial charge in [0.25, 0.3) is 5.56 Å². The number of pyridine rings is 1. The molecule has 0 saturated carbocycles. The number of aromatic amines is 1. The number of H-pyrrole nitrogens is 1. The van der Waals surface area contributed by atoms with Crippen LogP contribution in [-0.4, -0.2) is 25.6 Å². The average molecular weight is 308 g/mol. The van der Waals surface area contributed by atoms with Gasteiger partial charge in [0.05, 0.1) is 11.1 Å². The van der Waals surface area contributed by atoms with Crippen LogP contribution in [0, 0.1) is 5.82 Å². The Balaban J connectivity index is 2.21. The van der Waals surface area contributed by atoms with Crippen molar-refractivity contribution in [3.8, 4) is 11.5 Å². The van der Waals surface area contributed by atoms with Gasteiger partial charge in [-0.3, -0.25) is 9.20 Å². The van der Waals surface area contributed by atoms with Gasteiger partial charge in [-0.15, -0.1) is 10.1 Å². The fourth-order valence-corrected chi connectivity index (χ4v) is 2.84. The molecule has 1 atom stereocenters. The Morgan fingerprint density at radius 3 is 2.85 bits per heavy atom. The third kappa shape index (κ3) is 2.19. The molecule has 0 amide bonds. The summed E-state index contributed by atoms with van der Waals surface area (Å²) in [6, 6.07) is 2.89. The predicted molar refractivity (Wildman–Crippen MR) is 78.9 cm³/mol. The lowest BCUT2D eigenvalue weighted by Gasteiger charge is -2.03. The summed E-state index contributed by atoms with van der Waals surface area (Å²) in [4.78, 5) is 23.6. The lowest BCUT2D eigenvalue weighted by atomic mass is 10.4. The summed E-state index contributed by atoms with van der Waals surface area (Å²) in [6.07, 6.45) is 6.24. The molecule has 20 heavy (non-hydrogen) atoms. The van der Waals surface area contributed by atoms with Crippen LogP contribution in [0.15, 0.2) is 40.4 Å². The van der Waals surface area contributed by atoms with E-state index in [2.05, 4.69) is 23.0 Å². The molecule has 0 aromatic carbocycles. The number of hydrogen-bond donors (Lipinski definition) is 1. The molecule has 0 saturated heterocycles. The third-order valence-electron chi connectivity index (χ3n) is 2.81. The van der Waals surface area contributed by atoms with Crippen molar-refractivity contribution < 1.29 is 4.39 Å². The molecule has 3 aromatic rings. The monoisotopic (exact) mass is 308 g/mol. The number of nitrogens with zero attached hydrogens (tertiary/aromatic N) is 3. The Hall–Kier alpha value is -1.85. The van der Waals surface area contributed by atoms with E-state index >= 15 is 0 Å². The van der Waals surface area contributed by atoms with Crippen LogP contribution in [0.25, 0.3) is 17.2 Å². The Morgan fingerprint density at radius 1 is 1.35 bits per heavy atom. The molecular weight excluding hydrogens is 298 g/mol. The van der Waals surface area contributed by atoms with Crippen molar-refractivity contribution in [2.24, 2.45) is 0 Å².